The smallest absolute Gasteiger partial charge is 0.362 e. The van der Waals surface area contributed by atoms with Gasteiger partial charge in [0.1, 0.15) is 6.29 Å². The highest BCUT2D eigenvalue weighted by Gasteiger charge is 2.47. The second-order valence-corrected chi connectivity index (χ2v) is 6.42. The van der Waals surface area contributed by atoms with E-state index >= 15 is 0 Å². The van der Waals surface area contributed by atoms with E-state index in [9.17, 15) is 4.79 Å². The van der Waals surface area contributed by atoms with Crippen molar-refractivity contribution in [1.82, 2.24) is 21.0 Å². The van der Waals surface area contributed by atoms with Gasteiger partial charge in [-0.25, -0.2) is 10.2 Å². The monoisotopic (exact) mass is 329 g/mol. The van der Waals surface area contributed by atoms with E-state index in [0.717, 1.165) is 11.1 Å². The highest BCUT2D eigenvalue weighted by atomic mass is 16.2. The van der Waals surface area contributed by atoms with Crippen molar-refractivity contribution in [2.45, 2.75) is 38.3 Å². The van der Waals surface area contributed by atoms with Gasteiger partial charge in [0.25, 0.3) is 0 Å². The molecular formula is C16H23N7O. The molecule has 0 saturated carbocycles. The number of urea groups is 1. The molecule has 2 amide bonds. The Kier molecular flexibility index (Phi) is 4.61. The Bertz CT molecular complexity index is 656. The van der Waals surface area contributed by atoms with Crippen molar-refractivity contribution >= 4 is 6.03 Å². The van der Waals surface area contributed by atoms with Crippen molar-refractivity contribution in [1.29, 1.82) is 0 Å². The van der Waals surface area contributed by atoms with Crippen LogP contribution in [-0.2, 0) is 6.54 Å². The van der Waals surface area contributed by atoms with Crippen LogP contribution in [0, 0.1) is 0 Å². The molecule has 2 aliphatic rings. The summed E-state index contributed by atoms with van der Waals surface area (Å²) in [4.78, 5) is 14.2. The fourth-order valence-electron chi connectivity index (χ4n) is 3.16. The summed E-state index contributed by atoms with van der Waals surface area (Å²) < 4.78 is 0. The molecule has 1 aromatic rings. The van der Waals surface area contributed by atoms with Gasteiger partial charge in [0, 0.05) is 12.7 Å². The molecule has 2 unspecified atom stereocenters. The average molecular weight is 329 g/mol. The van der Waals surface area contributed by atoms with E-state index in [-0.39, 0.29) is 18.4 Å². The average Bonchev–Trinajstić information content (AvgIpc) is 2.86. The van der Waals surface area contributed by atoms with Crippen molar-refractivity contribution < 1.29 is 4.79 Å². The summed E-state index contributed by atoms with van der Waals surface area (Å²) in [5.41, 5.74) is 4.31. The first-order valence-electron chi connectivity index (χ1n) is 7.94. The first-order valence-corrected chi connectivity index (χ1v) is 7.94. The molecule has 5 N–H and O–H groups in total. The number of nitrogens with one attached hydrogen (secondary N) is 3. The summed E-state index contributed by atoms with van der Waals surface area (Å²) in [6.07, 6.45) is 1.70. The summed E-state index contributed by atoms with van der Waals surface area (Å²) >= 11 is 0. The Labute approximate surface area is 141 Å². The lowest BCUT2D eigenvalue weighted by molar-refractivity contribution is 0.181. The Hall–Kier alpha value is -2.29. The first-order chi connectivity index (χ1) is 11.5. The molecular weight excluding hydrogens is 306 g/mol. The molecule has 2 aliphatic heterocycles. The number of azo groups is 1. The third kappa shape index (κ3) is 3.16. The van der Waals surface area contributed by atoms with Gasteiger partial charge in [-0.15, -0.1) is 0 Å². The normalized spacial score (nSPS) is 25.3. The maximum absolute atomic E-state index is 12.5. The van der Waals surface area contributed by atoms with Gasteiger partial charge in [-0.1, -0.05) is 35.4 Å². The Morgan fingerprint density at radius 2 is 2.17 bits per heavy atom. The van der Waals surface area contributed by atoms with Crippen LogP contribution in [-0.4, -0.2) is 35.3 Å². The molecule has 2 atom stereocenters. The lowest BCUT2D eigenvalue weighted by Gasteiger charge is -2.33. The van der Waals surface area contributed by atoms with Crippen LogP contribution in [0.15, 0.2) is 52.3 Å². The molecule has 1 saturated heterocycles. The lowest BCUT2D eigenvalue weighted by atomic mass is 9.93. The molecule has 2 heterocycles. The quantitative estimate of drug-likeness (QED) is 0.377. The van der Waals surface area contributed by atoms with Gasteiger partial charge in [0.15, 0.2) is 0 Å². The van der Waals surface area contributed by atoms with Crippen molar-refractivity contribution in [2.24, 2.45) is 16.1 Å². The summed E-state index contributed by atoms with van der Waals surface area (Å²) in [7, 11) is 0. The molecule has 0 radical (unpaired) electrons. The number of nitrogens with two attached hydrogens (primary N) is 1. The molecule has 0 spiro atoms. The van der Waals surface area contributed by atoms with E-state index in [1.807, 2.05) is 50.4 Å². The number of carbonyl (C=O) groups excluding carboxylic acids is 1. The molecule has 1 aromatic carbocycles. The molecule has 0 aromatic heterocycles. The SMILES string of the molecule is CC1(C)C2=CNC(NN)NC2CN1C(=O)N=NCc1ccccc1. The highest BCUT2D eigenvalue weighted by molar-refractivity contribution is 5.77. The molecule has 0 aliphatic carbocycles. The van der Waals surface area contributed by atoms with Crippen LogP contribution < -0.4 is 21.9 Å². The van der Waals surface area contributed by atoms with Crippen LogP contribution in [0.3, 0.4) is 0 Å². The summed E-state index contributed by atoms with van der Waals surface area (Å²) in [6, 6.07) is 9.44. The number of carbonyl (C=O) groups is 1. The molecule has 8 nitrogen and oxygen atoms in total. The van der Waals surface area contributed by atoms with Crippen LogP contribution in [0.4, 0.5) is 4.79 Å². The second-order valence-electron chi connectivity index (χ2n) is 6.42. The van der Waals surface area contributed by atoms with Gasteiger partial charge >= 0.3 is 6.03 Å². The van der Waals surface area contributed by atoms with Gasteiger partial charge in [-0.2, -0.15) is 5.11 Å². The van der Waals surface area contributed by atoms with Gasteiger partial charge in [0.05, 0.1) is 18.1 Å². The summed E-state index contributed by atoms with van der Waals surface area (Å²) in [5.74, 6) is 5.45. The van der Waals surface area contributed by atoms with E-state index in [0.29, 0.717) is 13.1 Å². The zero-order chi connectivity index (χ0) is 17.2. The number of benzene rings is 1. The summed E-state index contributed by atoms with van der Waals surface area (Å²) in [6.45, 7) is 4.93. The Morgan fingerprint density at radius 3 is 2.88 bits per heavy atom. The largest absolute Gasteiger partial charge is 0.363 e. The number of amides is 2. The van der Waals surface area contributed by atoms with Crippen molar-refractivity contribution in [2.75, 3.05) is 6.54 Å². The lowest BCUT2D eigenvalue weighted by Crippen LogP contribution is -2.60. The van der Waals surface area contributed by atoms with Crippen molar-refractivity contribution in [3.05, 3.63) is 47.7 Å². The number of rotatable bonds is 3. The number of likely N-dealkylation sites (tertiary alicyclic amines) is 1. The molecule has 1 fully saturated rings. The predicted molar refractivity (Wildman–Crippen MR) is 90.4 cm³/mol. The standard InChI is InChI=1S/C16H23N7O/c1-16(2)12-9-18-14(21-17)20-13(12)10-23(16)15(24)22-19-8-11-6-4-3-5-7-11/h3-7,9,13-14,18,20-21H,8,10,17H2,1-2H3. The van der Waals surface area contributed by atoms with Gasteiger partial charge in [-0.05, 0) is 25.0 Å². The zero-order valence-corrected chi connectivity index (χ0v) is 13.9. The molecule has 3 rings (SSSR count). The van der Waals surface area contributed by atoms with E-state index in [1.54, 1.807) is 4.90 Å². The molecule has 24 heavy (non-hydrogen) atoms. The minimum absolute atomic E-state index is 0.0376. The fraction of sp³-hybridized carbons (Fsp3) is 0.438. The fourth-order valence-corrected chi connectivity index (χ4v) is 3.16. The van der Waals surface area contributed by atoms with E-state index in [2.05, 4.69) is 26.3 Å². The number of hydrazine groups is 1. The van der Waals surface area contributed by atoms with E-state index in [1.165, 1.54) is 0 Å². The van der Waals surface area contributed by atoms with Crippen LogP contribution >= 0.6 is 0 Å². The molecule has 0 bridgehead atoms. The Morgan fingerprint density at radius 1 is 1.42 bits per heavy atom. The number of nitrogens with zero attached hydrogens (tertiary/aromatic N) is 3. The third-order valence-electron chi connectivity index (χ3n) is 4.55. The first kappa shape index (κ1) is 16.6. The topological polar surface area (TPSA) is 107 Å². The number of hydrogen-bond acceptors (Lipinski definition) is 6. The van der Waals surface area contributed by atoms with Crippen LogP contribution in [0.5, 0.6) is 0 Å². The number of hydrogen-bond donors (Lipinski definition) is 4. The predicted octanol–water partition coefficient (Wildman–Crippen LogP) is 1.05. The van der Waals surface area contributed by atoms with Crippen molar-refractivity contribution in [3.63, 3.8) is 0 Å². The minimum atomic E-state index is -0.437. The van der Waals surface area contributed by atoms with Crippen LogP contribution in [0.25, 0.3) is 0 Å². The van der Waals surface area contributed by atoms with Gasteiger partial charge in [-0.3, -0.25) is 11.2 Å². The van der Waals surface area contributed by atoms with E-state index in [4.69, 9.17) is 5.84 Å². The summed E-state index contributed by atoms with van der Waals surface area (Å²) in [5, 5.41) is 14.4. The van der Waals surface area contributed by atoms with Gasteiger partial charge in [0.2, 0.25) is 0 Å². The Balaban J connectivity index is 1.67. The van der Waals surface area contributed by atoms with Gasteiger partial charge < -0.3 is 10.2 Å². The molecule has 8 heteroatoms. The minimum Gasteiger partial charge on any atom is -0.363 e. The van der Waals surface area contributed by atoms with Crippen LogP contribution in [0.2, 0.25) is 0 Å². The van der Waals surface area contributed by atoms with Crippen molar-refractivity contribution in [3.8, 4) is 0 Å². The highest BCUT2D eigenvalue weighted by Crippen LogP contribution is 2.35. The maximum Gasteiger partial charge on any atom is 0.362 e. The van der Waals surface area contributed by atoms with Crippen LogP contribution in [0.1, 0.15) is 19.4 Å². The molecule has 128 valence electrons. The zero-order valence-electron chi connectivity index (χ0n) is 13.9. The number of fused-ring (bicyclic) bond motifs is 1. The third-order valence-corrected chi connectivity index (χ3v) is 4.55. The van der Waals surface area contributed by atoms with E-state index < -0.39 is 5.54 Å². The second kappa shape index (κ2) is 6.68. The maximum atomic E-state index is 12.5.